The number of aliphatic hydroxyl groups excluding tert-OH is 3. The maximum atomic E-state index is 12.4. The highest BCUT2D eigenvalue weighted by Crippen LogP contribution is 2.36. The lowest BCUT2D eigenvalue weighted by atomic mass is 10.0. The van der Waals surface area contributed by atoms with E-state index in [9.17, 15) is 15.0 Å². The third-order valence-electron chi connectivity index (χ3n) is 4.66. The van der Waals surface area contributed by atoms with Crippen molar-refractivity contribution >= 4 is 22.5 Å². The van der Waals surface area contributed by atoms with Crippen LogP contribution in [0.5, 0.6) is 0 Å². The molecule has 0 aromatic heterocycles. The first-order chi connectivity index (χ1) is 11.6. The van der Waals surface area contributed by atoms with Crippen molar-refractivity contribution in [1.29, 1.82) is 0 Å². The molecule has 2 heterocycles. The third kappa shape index (κ3) is 2.17. The smallest absolute Gasteiger partial charge is 0.324 e. The molecule has 7 heteroatoms. The zero-order valence-electron chi connectivity index (χ0n) is 12.7. The zero-order chi connectivity index (χ0) is 16.8. The summed E-state index contributed by atoms with van der Waals surface area (Å²) in [4.78, 5) is 13.9. The number of hydrogen-bond acceptors (Lipinski definition) is 5. The monoisotopic (exact) mass is 330 g/mol. The number of benzene rings is 2. The summed E-state index contributed by atoms with van der Waals surface area (Å²) >= 11 is 0. The van der Waals surface area contributed by atoms with Gasteiger partial charge in [-0.15, -0.1) is 0 Å². The van der Waals surface area contributed by atoms with Crippen molar-refractivity contribution in [2.24, 2.45) is 0 Å². The SMILES string of the molecule is O=C1N[C@@H]2[C@@H](O)[C@@H]([C@H](O)CO)O[C@@H]2N1c1cccc2ccccc12. The Morgan fingerprint density at radius 1 is 1.21 bits per heavy atom. The number of anilines is 1. The summed E-state index contributed by atoms with van der Waals surface area (Å²) in [5.74, 6) is 0. The summed E-state index contributed by atoms with van der Waals surface area (Å²) < 4.78 is 5.72. The van der Waals surface area contributed by atoms with Crippen LogP contribution in [0.15, 0.2) is 42.5 Å². The Morgan fingerprint density at radius 2 is 1.96 bits per heavy atom. The van der Waals surface area contributed by atoms with Crippen molar-refractivity contribution in [2.45, 2.75) is 30.6 Å². The predicted molar refractivity (Wildman–Crippen MR) is 86.5 cm³/mol. The number of fused-ring (bicyclic) bond motifs is 2. The highest BCUT2D eigenvalue weighted by Gasteiger charge is 2.55. The quantitative estimate of drug-likeness (QED) is 0.643. The second-order valence-electron chi connectivity index (χ2n) is 6.08. The Hall–Kier alpha value is -2.19. The standard InChI is InChI=1S/C17H18N2O5/c20-8-12(21)15-14(22)13-16(24-15)19(17(23)18-13)11-7-3-5-9-4-1-2-6-10(9)11/h1-7,12-16,20-22H,8H2,(H,18,23)/t12-,13-,14-,15-,16+/m1/s1. The van der Waals surface area contributed by atoms with Crippen molar-refractivity contribution in [3.05, 3.63) is 42.5 Å². The second kappa shape index (κ2) is 5.71. The Kier molecular flexibility index (Phi) is 3.65. The first-order valence-electron chi connectivity index (χ1n) is 7.82. The number of urea groups is 1. The first kappa shape index (κ1) is 15.3. The number of nitrogens with one attached hydrogen (secondary N) is 1. The first-order valence-corrected chi connectivity index (χ1v) is 7.82. The molecule has 2 aliphatic heterocycles. The van der Waals surface area contributed by atoms with Gasteiger partial charge in [0, 0.05) is 5.39 Å². The molecule has 0 radical (unpaired) electrons. The van der Waals surface area contributed by atoms with E-state index in [-0.39, 0.29) is 6.03 Å². The van der Waals surface area contributed by atoms with Crippen molar-refractivity contribution in [3.8, 4) is 0 Å². The molecule has 2 saturated heterocycles. The van der Waals surface area contributed by atoms with Gasteiger partial charge in [-0.05, 0) is 11.5 Å². The van der Waals surface area contributed by atoms with Crippen molar-refractivity contribution in [2.75, 3.05) is 11.5 Å². The average Bonchev–Trinajstić information content (AvgIpc) is 3.09. The molecule has 24 heavy (non-hydrogen) atoms. The Bertz CT molecular complexity index is 777. The van der Waals surface area contributed by atoms with Gasteiger partial charge in [0.15, 0.2) is 6.23 Å². The van der Waals surface area contributed by atoms with Crippen LogP contribution < -0.4 is 10.2 Å². The molecule has 2 fully saturated rings. The van der Waals surface area contributed by atoms with Crippen molar-refractivity contribution < 1.29 is 24.9 Å². The van der Waals surface area contributed by atoms with E-state index in [4.69, 9.17) is 9.84 Å². The molecule has 126 valence electrons. The topological polar surface area (TPSA) is 102 Å². The summed E-state index contributed by atoms with van der Waals surface area (Å²) in [5, 5.41) is 33.8. The van der Waals surface area contributed by atoms with Gasteiger partial charge >= 0.3 is 6.03 Å². The van der Waals surface area contributed by atoms with E-state index in [0.29, 0.717) is 5.69 Å². The largest absolute Gasteiger partial charge is 0.394 e. The van der Waals surface area contributed by atoms with Gasteiger partial charge in [-0.3, -0.25) is 4.90 Å². The van der Waals surface area contributed by atoms with Gasteiger partial charge in [0.25, 0.3) is 0 Å². The Balaban J connectivity index is 1.74. The predicted octanol–water partition coefficient (Wildman–Crippen LogP) is 0.177. The Labute approximate surface area is 138 Å². The minimum atomic E-state index is -1.21. The number of rotatable bonds is 3. The van der Waals surface area contributed by atoms with E-state index in [1.165, 1.54) is 4.90 Å². The highest BCUT2D eigenvalue weighted by atomic mass is 16.6. The molecule has 0 saturated carbocycles. The highest BCUT2D eigenvalue weighted by molar-refractivity contribution is 6.04. The maximum Gasteiger partial charge on any atom is 0.324 e. The number of nitrogens with zero attached hydrogens (tertiary/aromatic N) is 1. The average molecular weight is 330 g/mol. The van der Waals surface area contributed by atoms with Gasteiger partial charge in [0.1, 0.15) is 24.4 Å². The molecular weight excluding hydrogens is 312 g/mol. The molecule has 2 aromatic rings. The van der Waals surface area contributed by atoms with Crippen LogP contribution in [0.4, 0.5) is 10.5 Å². The van der Waals surface area contributed by atoms with Crippen LogP contribution >= 0.6 is 0 Å². The fraction of sp³-hybridized carbons (Fsp3) is 0.353. The van der Waals surface area contributed by atoms with E-state index < -0.39 is 37.2 Å². The fourth-order valence-electron chi connectivity index (χ4n) is 3.49. The molecule has 0 bridgehead atoms. The van der Waals surface area contributed by atoms with Crippen LogP contribution in [0, 0.1) is 0 Å². The van der Waals surface area contributed by atoms with E-state index in [1.807, 2.05) is 42.5 Å². The number of carbonyl (C=O) groups excluding carboxylic acids is 1. The number of ether oxygens (including phenoxy) is 1. The molecule has 2 amide bonds. The molecule has 2 aliphatic rings. The van der Waals surface area contributed by atoms with Crippen LogP contribution in [-0.2, 0) is 4.74 Å². The van der Waals surface area contributed by atoms with Crippen LogP contribution in [0.1, 0.15) is 0 Å². The summed E-state index contributed by atoms with van der Waals surface area (Å²) in [6, 6.07) is 12.3. The molecule has 4 rings (SSSR count). The van der Waals surface area contributed by atoms with E-state index in [1.54, 1.807) is 0 Å². The van der Waals surface area contributed by atoms with Gasteiger partial charge in [-0.2, -0.15) is 0 Å². The van der Waals surface area contributed by atoms with Gasteiger partial charge in [-0.25, -0.2) is 4.79 Å². The normalized spacial score (nSPS) is 30.5. The summed E-state index contributed by atoms with van der Waals surface area (Å²) in [6.45, 7) is -0.524. The number of carbonyl (C=O) groups is 1. The van der Waals surface area contributed by atoms with E-state index >= 15 is 0 Å². The second-order valence-corrected chi connectivity index (χ2v) is 6.08. The van der Waals surface area contributed by atoms with Crippen LogP contribution in [0.3, 0.4) is 0 Å². The molecular formula is C17H18N2O5. The minimum absolute atomic E-state index is 0.364. The number of aliphatic hydroxyl groups is 3. The van der Waals surface area contributed by atoms with Crippen molar-refractivity contribution in [1.82, 2.24) is 5.32 Å². The van der Waals surface area contributed by atoms with E-state index in [2.05, 4.69) is 5.32 Å². The summed E-state index contributed by atoms with van der Waals surface area (Å²) in [5.41, 5.74) is 0.671. The molecule has 0 aliphatic carbocycles. The van der Waals surface area contributed by atoms with Gasteiger partial charge < -0.3 is 25.4 Å². The zero-order valence-corrected chi connectivity index (χ0v) is 12.7. The maximum absolute atomic E-state index is 12.4. The van der Waals surface area contributed by atoms with Crippen molar-refractivity contribution in [3.63, 3.8) is 0 Å². The number of hydrogen-bond donors (Lipinski definition) is 4. The van der Waals surface area contributed by atoms with Crippen LogP contribution in [0.25, 0.3) is 10.8 Å². The summed E-state index contributed by atoms with van der Waals surface area (Å²) in [7, 11) is 0. The van der Waals surface area contributed by atoms with Gasteiger partial charge in [0.2, 0.25) is 0 Å². The fourth-order valence-corrected chi connectivity index (χ4v) is 3.49. The lowest BCUT2D eigenvalue weighted by molar-refractivity contribution is -0.0804. The lowest BCUT2D eigenvalue weighted by Crippen LogP contribution is -2.45. The third-order valence-corrected chi connectivity index (χ3v) is 4.66. The molecule has 2 aromatic carbocycles. The lowest BCUT2D eigenvalue weighted by Gasteiger charge is -2.25. The van der Waals surface area contributed by atoms with Gasteiger partial charge in [-0.1, -0.05) is 36.4 Å². The number of amides is 2. The molecule has 5 atom stereocenters. The molecule has 4 N–H and O–H groups in total. The van der Waals surface area contributed by atoms with Crippen LogP contribution in [-0.4, -0.2) is 58.5 Å². The van der Waals surface area contributed by atoms with Crippen LogP contribution in [0.2, 0.25) is 0 Å². The molecule has 7 nitrogen and oxygen atoms in total. The molecule has 0 unspecified atom stereocenters. The Morgan fingerprint density at radius 3 is 2.75 bits per heavy atom. The van der Waals surface area contributed by atoms with E-state index in [0.717, 1.165) is 10.8 Å². The van der Waals surface area contributed by atoms with Gasteiger partial charge in [0.05, 0.1) is 12.3 Å². The minimum Gasteiger partial charge on any atom is -0.394 e. The molecule has 0 spiro atoms. The summed E-state index contributed by atoms with van der Waals surface area (Å²) in [6.07, 6.45) is -4.01.